The number of piperazine rings is 1. The van der Waals surface area contributed by atoms with Gasteiger partial charge in [-0.25, -0.2) is 4.99 Å². The minimum atomic E-state index is 0.512. The summed E-state index contributed by atoms with van der Waals surface area (Å²) in [5, 5.41) is 3.43. The molecule has 2 aromatic carbocycles. The van der Waals surface area contributed by atoms with E-state index in [9.17, 15) is 0 Å². The van der Waals surface area contributed by atoms with E-state index in [1.54, 1.807) is 28.4 Å². The van der Waals surface area contributed by atoms with Crippen molar-refractivity contribution in [3.63, 3.8) is 0 Å². The lowest BCUT2D eigenvalue weighted by Gasteiger charge is -2.37. The molecule has 8 heteroatoms. The van der Waals surface area contributed by atoms with Gasteiger partial charge >= 0.3 is 0 Å². The summed E-state index contributed by atoms with van der Waals surface area (Å²) in [7, 11) is 6.54. The fraction of sp³-hybridized carbons (Fsp3) is 0.458. The predicted octanol–water partition coefficient (Wildman–Crippen LogP) is 3.01. The highest BCUT2D eigenvalue weighted by Gasteiger charge is 2.20. The van der Waals surface area contributed by atoms with Gasteiger partial charge in [-0.05, 0) is 48.9 Å². The average molecular weight is 443 g/mol. The van der Waals surface area contributed by atoms with Crippen LogP contribution in [0.1, 0.15) is 12.5 Å². The van der Waals surface area contributed by atoms with Crippen LogP contribution in [-0.2, 0) is 6.54 Å². The van der Waals surface area contributed by atoms with Crippen molar-refractivity contribution < 1.29 is 18.9 Å². The highest BCUT2D eigenvalue weighted by Crippen LogP contribution is 2.38. The fourth-order valence-electron chi connectivity index (χ4n) is 3.79. The summed E-state index contributed by atoms with van der Waals surface area (Å²) in [5.74, 6) is 3.64. The summed E-state index contributed by atoms with van der Waals surface area (Å²) < 4.78 is 21.6. The zero-order chi connectivity index (χ0) is 22.9. The number of aliphatic imine (C=N–C) groups is 1. The molecule has 1 saturated heterocycles. The summed E-state index contributed by atoms with van der Waals surface area (Å²) in [4.78, 5) is 9.57. The van der Waals surface area contributed by atoms with Crippen molar-refractivity contribution >= 4 is 11.6 Å². The van der Waals surface area contributed by atoms with Crippen molar-refractivity contribution in [3.8, 4) is 23.0 Å². The van der Waals surface area contributed by atoms with Crippen LogP contribution in [0.2, 0.25) is 0 Å². The summed E-state index contributed by atoms with van der Waals surface area (Å²) in [5.41, 5.74) is 2.21. The standard InChI is InChI=1S/C24H34N4O4/c1-6-25-24(26-17-18-15-21(30-3)23(32-5)22(16-18)31-4)28-13-11-27(12-14-28)19-7-9-20(29-2)10-8-19/h7-10,15-16H,6,11-14,17H2,1-5H3,(H,25,26). The molecule has 0 unspecified atom stereocenters. The molecule has 8 nitrogen and oxygen atoms in total. The highest BCUT2D eigenvalue weighted by atomic mass is 16.5. The van der Waals surface area contributed by atoms with E-state index in [1.807, 2.05) is 24.3 Å². The van der Waals surface area contributed by atoms with Gasteiger partial charge in [0.2, 0.25) is 5.75 Å². The Hall–Kier alpha value is -3.29. The van der Waals surface area contributed by atoms with Gasteiger partial charge in [0.15, 0.2) is 17.5 Å². The molecule has 32 heavy (non-hydrogen) atoms. The largest absolute Gasteiger partial charge is 0.497 e. The lowest BCUT2D eigenvalue weighted by molar-refractivity contribution is 0.324. The Balaban J connectivity index is 1.69. The molecular weight excluding hydrogens is 408 g/mol. The van der Waals surface area contributed by atoms with Crippen LogP contribution in [0.25, 0.3) is 0 Å². The van der Waals surface area contributed by atoms with Crippen molar-refractivity contribution in [3.05, 3.63) is 42.0 Å². The normalized spacial score (nSPS) is 14.2. The van der Waals surface area contributed by atoms with Crippen LogP contribution >= 0.6 is 0 Å². The first-order valence-corrected chi connectivity index (χ1v) is 10.8. The van der Waals surface area contributed by atoms with Crippen LogP contribution in [-0.4, -0.2) is 72.0 Å². The molecule has 0 aliphatic carbocycles. The number of guanidine groups is 1. The molecule has 2 aromatic rings. The maximum absolute atomic E-state index is 5.47. The zero-order valence-corrected chi connectivity index (χ0v) is 19.7. The Morgan fingerprint density at radius 1 is 0.875 bits per heavy atom. The van der Waals surface area contributed by atoms with E-state index < -0.39 is 0 Å². The third-order valence-corrected chi connectivity index (χ3v) is 5.49. The molecular formula is C24H34N4O4. The van der Waals surface area contributed by atoms with Crippen LogP contribution in [0.15, 0.2) is 41.4 Å². The third-order valence-electron chi connectivity index (χ3n) is 5.49. The summed E-state index contributed by atoms with van der Waals surface area (Å²) >= 11 is 0. The monoisotopic (exact) mass is 442 g/mol. The van der Waals surface area contributed by atoms with Crippen LogP contribution in [0.5, 0.6) is 23.0 Å². The van der Waals surface area contributed by atoms with Gasteiger partial charge in [0, 0.05) is 38.4 Å². The minimum absolute atomic E-state index is 0.512. The molecule has 0 amide bonds. The lowest BCUT2D eigenvalue weighted by Crippen LogP contribution is -2.52. The Bertz CT molecular complexity index is 868. The van der Waals surface area contributed by atoms with Crippen LogP contribution in [0.4, 0.5) is 5.69 Å². The van der Waals surface area contributed by atoms with Gasteiger partial charge in [-0.15, -0.1) is 0 Å². The van der Waals surface area contributed by atoms with Gasteiger partial charge in [-0.1, -0.05) is 0 Å². The first-order chi connectivity index (χ1) is 15.6. The quantitative estimate of drug-likeness (QED) is 0.498. The van der Waals surface area contributed by atoms with Gasteiger partial charge in [0.25, 0.3) is 0 Å². The maximum atomic E-state index is 5.47. The molecule has 1 fully saturated rings. The second-order valence-electron chi connectivity index (χ2n) is 7.38. The fourth-order valence-corrected chi connectivity index (χ4v) is 3.79. The Labute approximate surface area is 190 Å². The van der Waals surface area contributed by atoms with Crippen molar-refractivity contribution in [2.75, 3.05) is 66.1 Å². The van der Waals surface area contributed by atoms with E-state index in [-0.39, 0.29) is 0 Å². The smallest absolute Gasteiger partial charge is 0.203 e. The predicted molar refractivity (Wildman–Crippen MR) is 128 cm³/mol. The maximum Gasteiger partial charge on any atom is 0.203 e. The number of methoxy groups -OCH3 is 4. The molecule has 0 saturated carbocycles. The van der Waals surface area contributed by atoms with E-state index in [1.165, 1.54) is 5.69 Å². The number of rotatable bonds is 8. The van der Waals surface area contributed by atoms with Gasteiger partial charge in [-0.2, -0.15) is 0 Å². The van der Waals surface area contributed by atoms with Crippen molar-refractivity contribution in [2.24, 2.45) is 4.99 Å². The number of nitrogens with one attached hydrogen (secondary N) is 1. The highest BCUT2D eigenvalue weighted by molar-refractivity contribution is 5.80. The number of hydrogen-bond acceptors (Lipinski definition) is 6. The van der Waals surface area contributed by atoms with Gasteiger partial charge < -0.3 is 34.1 Å². The second kappa shape index (κ2) is 11.4. The molecule has 0 atom stereocenters. The molecule has 1 aliphatic heterocycles. The third kappa shape index (κ3) is 5.49. The van der Waals surface area contributed by atoms with E-state index in [0.29, 0.717) is 23.8 Å². The van der Waals surface area contributed by atoms with Gasteiger partial charge in [-0.3, -0.25) is 0 Å². The molecule has 0 spiro atoms. The number of hydrogen-bond donors (Lipinski definition) is 1. The van der Waals surface area contributed by atoms with Crippen molar-refractivity contribution in [1.29, 1.82) is 0 Å². The average Bonchev–Trinajstić information content (AvgIpc) is 2.86. The SMILES string of the molecule is CCNC(=NCc1cc(OC)c(OC)c(OC)c1)N1CCN(c2ccc(OC)cc2)CC1. The topological polar surface area (TPSA) is 67.8 Å². The molecule has 174 valence electrons. The first kappa shape index (κ1) is 23.4. The van der Waals surface area contributed by atoms with E-state index in [2.05, 4.69) is 34.2 Å². The first-order valence-electron chi connectivity index (χ1n) is 10.8. The number of benzene rings is 2. The molecule has 3 rings (SSSR count). The Morgan fingerprint density at radius 3 is 2.00 bits per heavy atom. The summed E-state index contributed by atoms with van der Waals surface area (Å²) in [6.07, 6.45) is 0. The molecule has 1 N–H and O–H groups in total. The summed E-state index contributed by atoms with van der Waals surface area (Å²) in [6, 6.07) is 12.1. The number of nitrogens with zero attached hydrogens (tertiary/aromatic N) is 3. The van der Waals surface area contributed by atoms with Gasteiger partial charge in [0.05, 0.1) is 35.0 Å². The minimum Gasteiger partial charge on any atom is -0.497 e. The molecule has 1 heterocycles. The second-order valence-corrected chi connectivity index (χ2v) is 7.38. The van der Waals surface area contributed by atoms with Crippen molar-refractivity contribution in [1.82, 2.24) is 10.2 Å². The molecule has 0 radical (unpaired) electrons. The number of ether oxygens (including phenoxy) is 4. The Morgan fingerprint density at radius 2 is 1.50 bits per heavy atom. The molecule has 0 bridgehead atoms. The van der Waals surface area contributed by atoms with Crippen molar-refractivity contribution in [2.45, 2.75) is 13.5 Å². The zero-order valence-electron chi connectivity index (χ0n) is 19.7. The van der Waals surface area contributed by atoms with E-state index in [0.717, 1.165) is 50.0 Å². The van der Waals surface area contributed by atoms with Crippen LogP contribution < -0.4 is 29.2 Å². The van der Waals surface area contributed by atoms with Crippen LogP contribution in [0.3, 0.4) is 0 Å². The Kier molecular flexibility index (Phi) is 8.30. The molecule has 1 aliphatic rings. The number of anilines is 1. The molecule has 0 aromatic heterocycles. The van der Waals surface area contributed by atoms with E-state index in [4.69, 9.17) is 23.9 Å². The van der Waals surface area contributed by atoms with Gasteiger partial charge in [0.1, 0.15) is 5.75 Å². The lowest BCUT2D eigenvalue weighted by atomic mass is 10.2. The van der Waals surface area contributed by atoms with Crippen LogP contribution in [0, 0.1) is 0 Å². The summed E-state index contributed by atoms with van der Waals surface area (Å²) in [6.45, 7) is 7.06. The van der Waals surface area contributed by atoms with E-state index >= 15 is 0 Å².